The molecule has 0 radical (unpaired) electrons. The first-order valence-corrected chi connectivity index (χ1v) is 8.90. The van der Waals surface area contributed by atoms with E-state index in [0.717, 1.165) is 38.8 Å². The summed E-state index contributed by atoms with van der Waals surface area (Å²) in [7, 11) is -0.767. The van der Waals surface area contributed by atoms with E-state index in [0.29, 0.717) is 6.04 Å². The van der Waals surface area contributed by atoms with E-state index in [4.69, 9.17) is 0 Å². The minimum absolute atomic E-state index is 0.166. The smallest absolute Gasteiger partial charge is 0.151 e. The summed E-state index contributed by atoms with van der Waals surface area (Å²) in [5, 5.41) is 3.26. The Kier molecular flexibility index (Phi) is 6.08. The molecule has 1 rings (SSSR count). The zero-order valence-corrected chi connectivity index (χ0v) is 13.0. The highest BCUT2D eigenvalue weighted by atomic mass is 32.2. The second-order valence-corrected chi connectivity index (χ2v) is 8.05. The third-order valence-electron chi connectivity index (χ3n) is 3.98. The van der Waals surface area contributed by atoms with Crippen LogP contribution < -0.4 is 5.32 Å². The van der Waals surface area contributed by atoms with Crippen molar-refractivity contribution < 1.29 is 8.42 Å². The topological polar surface area (TPSA) is 49.4 Å². The Morgan fingerprint density at radius 3 is 2.56 bits per heavy atom. The molecule has 0 aromatic carbocycles. The van der Waals surface area contributed by atoms with Gasteiger partial charge >= 0.3 is 0 Å². The van der Waals surface area contributed by atoms with Crippen molar-refractivity contribution in [3.05, 3.63) is 0 Å². The van der Waals surface area contributed by atoms with Crippen LogP contribution in [0.1, 0.15) is 39.5 Å². The van der Waals surface area contributed by atoms with E-state index in [-0.39, 0.29) is 11.3 Å². The highest BCUT2D eigenvalue weighted by Gasteiger charge is 2.34. The highest BCUT2D eigenvalue weighted by Crippen LogP contribution is 2.24. The van der Waals surface area contributed by atoms with Crippen molar-refractivity contribution in [2.24, 2.45) is 0 Å². The van der Waals surface area contributed by atoms with E-state index < -0.39 is 9.84 Å². The molecule has 0 aromatic rings. The van der Waals surface area contributed by atoms with Crippen molar-refractivity contribution in [2.75, 3.05) is 26.4 Å². The predicted molar refractivity (Wildman–Crippen MR) is 76.7 cm³/mol. The van der Waals surface area contributed by atoms with E-state index >= 15 is 0 Å². The minimum Gasteiger partial charge on any atom is -0.313 e. The van der Waals surface area contributed by atoms with Crippen LogP contribution in [0, 0.1) is 0 Å². The molecule has 0 aliphatic heterocycles. The van der Waals surface area contributed by atoms with Gasteiger partial charge in [0, 0.05) is 18.3 Å². The predicted octanol–water partition coefficient (Wildman–Crippen LogP) is 1.27. The van der Waals surface area contributed by atoms with Crippen LogP contribution in [0.5, 0.6) is 0 Å². The summed E-state index contributed by atoms with van der Waals surface area (Å²) in [6.45, 7) is 6.34. The molecule has 0 saturated heterocycles. The van der Waals surface area contributed by atoms with Crippen molar-refractivity contribution in [3.63, 3.8) is 0 Å². The summed E-state index contributed by atoms with van der Waals surface area (Å²) in [6.07, 6.45) is 5.29. The summed E-state index contributed by atoms with van der Waals surface area (Å²) in [5.74, 6) is 0. The van der Waals surface area contributed by atoms with Gasteiger partial charge in [-0.3, -0.25) is 0 Å². The molecule has 0 aromatic heterocycles. The van der Waals surface area contributed by atoms with Crippen molar-refractivity contribution in [1.82, 2.24) is 10.2 Å². The molecule has 2 atom stereocenters. The molecule has 18 heavy (non-hydrogen) atoms. The lowest BCUT2D eigenvalue weighted by molar-refractivity contribution is 0.268. The van der Waals surface area contributed by atoms with Gasteiger partial charge in [0.1, 0.15) is 0 Å². The molecule has 108 valence electrons. The van der Waals surface area contributed by atoms with E-state index in [1.807, 2.05) is 0 Å². The molecule has 1 aliphatic rings. The fraction of sp³-hybridized carbons (Fsp3) is 1.00. The molecule has 4 nitrogen and oxygen atoms in total. The normalized spacial score (nSPS) is 25.2. The van der Waals surface area contributed by atoms with Gasteiger partial charge in [0.05, 0.1) is 5.25 Å². The Bertz CT molecular complexity index is 341. The van der Waals surface area contributed by atoms with Crippen LogP contribution in [-0.4, -0.2) is 57.0 Å². The van der Waals surface area contributed by atoms with Crippen LogP contribution in [-0.2, 0) is 9.84 Å². The Labute approximate surface area is 112 Å². The number of nitrogens with zero attached hydrogens (tertiary/aromatic N) is 1. The second-order valence-electron chi connectivity index (χ2n) is 5.79. The third-order valence-corrected chi connectivity index (χ3v) is 5.64. The van der Waals surface area contributed by atoms with Gasteiger partial charge in [0.15, 0.2) is 9.84 Å². The zero-order chi connectivity index (χ0) is 13.8. The average molecular weight is 276 g/mol. The van der Waals surface area contributed by atoms with Crippen LogP contribution in [0.15, 0.2) is 0 Å². The highest BCUT2D eigenvalue weighted by molar-refractivity contribution is 7.91. The molecule has 0 bridgehead atoms. The Hall–Kier alpha value is -0.130. The molecule has 0 amide bonds. The van der Waals surface area contributed by atoms with Crippen molar-refractivity contribution in [1.29, 1.82) is 0 Å². The van der Waals surface area contributed by atoms with Gasteiger partial charge in [-0.05, 0) is 53.2 Å². The minimum atomic E-state index is -2.89. The third kappa shape index (κ3) is 4.86. The van der Waals surface area contributed by atoms with E-state index in [9.17, 15) is 8.42 Å². The molecule has 2 unspecified atom stereocenters. The van der Waals surface area contributed by atoms with Crippen LogP contribution in [0.2, 0.25) is 0 Å². The summed E-state index contributed by atoms with van der Waals surface area (Å²) in [6, 6.07) is 0.740. The second kappa shape index (κ2) is 6.87. The van der Waals surface area contributed by atoms with Gasteiger partial charge < -0.3 is 10.2 Å². The van der Waals surface area contributed by atoms with Gasteiger partial charge in [-0.2, -0.15) is 0 Å². The van der Waals surface area contributed by atoms with E-state index in [1.54, 1.807) is 0 Å². The molecule has 5 heteroatoms. The molecule has 1 fully saturated rings. The first-order valence-electron chi connectivity index (χ1n) is 6.95. The van der Waals surface area contributed by atoms with E-state index in [1.165, 1.54) is 6.26 Å². The Morgan fingerprint density at radius 1 is 1.33 bits per heavy atom. The van der Waals surface area contributed by atoms with Crippen molar-refractivity contribution in [3.8, 4) is 0 Å². The largest absolute Gasteiger partial charge is 0.313 e. The van der Waals surface area contributed by atoms with Crippen molar-refractivity contribution in [2.45, 2.75) is 56.9 Å². The van der Waals surface area contributed by atoms with Gasteiger partial charge in [-0.1, -0.05) is 6.42 Å². The zero-order valence-electron chi connectivity index (χ0n) is 12.1. The summed E-state index contributed by atoms with van der Waals surface area (Å²) in [5.41, 5.74) is 0. The number of sulfone groups is 1. The molecule has 1 aliphatic carbocycles. The van der Waals surface area contributed by atoms with Gasteiger partial charge in [-0.15, -0.1) is 0 Å². The molecule has 1 N–H and O–H groups in total. The summed E-state index contributed by atoms with van der Waals surface area (Å²) >= 11 is 0. The first-order chi connectivity index (χ1) is 8.32. The fourth-order valence-electron chi connectivity index (χ4n) is 2.55. The van der Waals surface area contributed by atoms with Crippen LogP contribution in [0.4, 0.5) is 0 Å². The maximum atomic E-state index is 11.6. The number of nitrogens with one attached hydrogen (secondary N) is 1. The lowest BCUT2D eigenvalue weighted by Gasteiger charge is -2.23. The van der Waals surface area contributed by atoms with Gasteiger partial charge in [-0.25, -0.2) is 8.42 Å². The molecule has 0 heterocycles. The lowest BCUT2D eigenvalue weighted by atomic mass is 10.2. The van der Waals surface area contributed by atoms with E-state index in [2.05, 4.69) is 31.1 Å². The molecule has 1 saturated carbocycles. The standard InChI is InChI=1S/C13H28N2O2S/c1-11(2)15(3)10-6-9-14-12-7-5-8-13(12)18(4,16)17/h11-14H,5-10H2,1-4H3. The van der Waals surface area contributed by atoms with Gasteiger partial charge in [0.2, 0.25) is 0 Å². The maximum absolute atomic E-state index is 11.6. The SMILES string of the molecule is CC(C)N(C)CCCNC1CCCC1S(C)(=O)=O. The average Bonchev–Trinajstić information content (AvgIpc) is 2.71. The monoisotopic (exact) mass is 276 g/mol. The van der Waals surface area contributed by atoms with Crippen molar-refractivity contribution >= 4 is 9.84 Å². The fourth-order valence-corrected chi connectivity index (χ4v) is 3.97. The number of hydrogen-bond acceptors (Lipinski definition) is 4. The van der Waals surface area contributed by atoms with Crippen LogP contribution >= 0.6 is 0 Å². The molecular weight excluding hydrogens is 248 g/mol. The quantitative estimate of drug-likeness (QED) is 0.712. The van der Waals surface area contributed by atoms with Crippen LogP contribution in [0.25, 0.3) is 0 Å². The molecular formula is C13H28N2O2S. The number of hydrogen-bond donors (Lipinski definition) is 1. The molecule has 0 spiro atoms. The van der Waals surface area contributed by atoms with Gasteiger partial charge in [0.25, 0.3) is 0 Å². The summed E-state index contributed by atoms with van der Waals surface area (Å²) in [4.78, 5) is 2.31. The lowest BCUT2D eigenvalue weighted by Crippen LogP contribution is -2.41. The Balaban J connectivity index is 2.27. The van der Waals surface area contributed by atoms with Crippen LogP contribution in [0.3, 0.4) is 0 Å². The summed E-state index contributed by atoms with van der Waals surface area (Å²) < 4.78 is 23.3. The Morgan fingerprint density at radius 2 is 2.00 bits per heavy atom. The maximum Gasteiger partial charge on any atom is 0.151 e. The number of rotatable bonds is 7. The first kappa shape index (κ1) is 15.9.